The number of piperidine rings is 1. The van der Waals surface area contributed by atoms with Crippen molar-refractivity contribution in [3.63, 3.8) is 0 Å². The molecule has 15 heavy (non-hydrogen) atoms. The summed E-state index contributed by atoms with van der Waals surface area (Å²) in [4.78, 5) is 4.37. The first-order chi connectivity index (χ1) is 7.34. The molecule has 82 valence electrons. The third-order valence-corrected chi connectivity index (χ3v) is 2.81. The molecule has 0 bridgehead atoms. The highest BCUT2D eigenvalue weighted by Crippen LogP contribution is 2.06. The summed E-state index contributed by atoms with van der Waals surface area (Å²) in [5.74, 6) is 0. The first-order valence-corrected chi connectivity index (χ1v) is 5.74. The van der Waals surface area contributed by atoms with Crippen molar-refractivity contribution >= 4 is 0 Å². The average molecular weight is 205 g/mol. The molecule has 0 aromatic carbocycles. The molecule has 0 atom stereocenters. The summed E-state index contributed by atoms with van der Waals surface area (Å²) < 4.78 is 0. The van der Waals surface area contributed by atoms with Gasteiger partial charge in [-0.3, -0.25) is 4.98 Å². The Morgan fingerprint density at radius 2 is 2.07 bits per heavy atom. The molecule has 0 amide bonds. The summed E-state index contributed by atoms with van der Waals surface area (Å²) in [7, 11) is 0. The van der Waals surface area contributed by atoms with Gasteiger partial charge in [0.25, 0.3) is 0 Å². The molecule has 1 saturated heterocycles. The lowest BCUT2D eigenvalue weighted by Gasteiger charge is -2.26. The maximum atomic E-state index is 4.37. The van der Waals surface area contributed by atoms with Crippen LogP contribution < -0.4 is 5.43 Å². The summed E-state index contributed by atoms with van der Waals surface area (Å²) in [5.41, 5.74) is 5.76. The SMILES string of the molecule is Cc1ccc(CNN2CCCCC2)nc1. The monoisotopic (exact) mass is 205 g/mol. The van der Waals surface area contributed by atoms with Crippen molar-refractivity contribution in [2.45, 2.75) is 32.7 Å². The number of nitrogens with zero attached hydrogens (tertiary/aromatic N) is 2. The van der Waals surface area contributed by atoms with Crippen LogP contribution in [0.15, 0.2) is 18.3 Å². The third kappa shape index (κ3) is 3.29. The Morgan fingerprint density at radius 3 is 2.73 bits per heavy atom. The van der Waals surface area contributed by atoms with E-state index in [9.17, 15) is 0 Å². The number of pyridine rings is 1. The van der Waals surface area contributed by atoms with E-state index in [1.165, 1.54) is 37.9 Å². The molecule has 1 fully saturated rings. The van der Waals surface area contributed by atoms with Crippen LogP contribution in [0.1, 0.15) is 30.5 Å². The minimum atomic E-state index is 0.848. The molecular formula is C12H19N3. The second kappa shape index (κ2) is 5.24. The maximum Gasteiger partial charge on any atom is 0.0556 e. The number of hydrazine groups is 1. The zero-order valence-corrected chi connectivity index (χ0v) is 9.37. The van der Waals surface area contributed by atoms with Crippen molar-refractivity contribution < 1.29 is 0 Å². The summed E-state index contributed by atoms with van der Waals surface area (Å²) in [6.07, 6.45) is 5.93. The Balaban J connectivity index is 1.79. The number of rotatable bonds is 3. The Kier molecular flexibility index (Phi) is 3.69. The van der Waals surface area contributed by atoms with E-state index in [2.05, 4.69) is 34.5 Å². The first kappa shape index (κ1) is 10.6. The summed E-state index contributed by atoms with van der Waals surface area (Å²) in [5, 5.41) is 2.31. The van der Waals surface area contributed by atoms with Crippen LogP contribution in [0.25, 0.3) is 0 Å². The van der Waals surface area contributed by atoms with E-state index in [4.69, 9.17) is 0 Å². The van der Waals surface area contributed by atoms with Crippen LogP contribution >= 0.6 is 0 Å². The van der Waals surface area contributed by atoms with Crippen molar-refractivity contribution in [2.75, 3.05) is 13.1 Å². The average Bonchev–Trinajstić information content (AvgIpc) is 2.30. The summed E-state index contributed by atoms with van der Waals surface area (Å²) in [6, 6.07) is 4.20. The molecule has 0 unspecified atom stereocenters. The van der Waals surface area contributed by atoms with Crippen LogP contribution in [0, 0.1) is 6.92 Å². The van der Waals surface area contributed by atoms with Crippen LogP contribution in [-0.2, 0) is 6.54 Å². The van der Waals surface area contributed by atoms with E-state index in [0.29, 0.717) is 0 Å². The van der Waals surface area contributed by atoms with Gasteiger partial charge in [-0.15, -0.1) is 0 Å². The largest absolute Gasteiger partial charge is 0.260 e. The zero-order valence-electron chi connectivity index (χ0n) is 9.37. The molecule has 2 rings (SSSR count). The summed E-state index contributed by atoms with van der Waals surface area (Å²) >= 11 is 0. The van der Waals surface area contributed by atoms with E-state index >= 15 is 0 Å². The van der Waals surface area contributed by atoms with Gasteiger partial charge in [0.05, 0.1) is 12.2 Å². The molecule has 0 saturated carbocycles. The van der Waals surface area contributed by atoms with Gasteiger partial charge in [0.15, 0.2) is 0 Å². The van der Waals surface area contributed by atoms with E-state index in [0.717, 1.165) is 12.2 Å². The van der Waals surface area contributed by atoms with Crippen LogP contribution in [-0.4, -0.2) is 23.1 Å². The van der Waals surface area contributed by atoms with Gasteiger partial charge < -0.3 is 0 Å². The molecule has 0 radical (unpaired) electrons. The number of hydrogen-bond donors (Lipinski definition) is 1. The standard InChI is InChI=1S/C12H19N3/c1-11-5-6-12(13-9-11)10-14-15-7-3-2-4-8-15/h5-6,9,14H,2-4,7-8,10H2,1H3. The first-order valence-electron chi connectivity index (χ1n) is 5.74. The molecule has 0 spiro atoms. The second-order valence-electron chi connectivity index (χ2n) is 4.21. The molecule has 1 aliphatic heterocycles. The summed E-state index contributed by atoms with van der Waals surface area (Å²) in [6.45, 7) is 5.26. The smallest absolute Gasteiger partial charge is 0.0556 e. The quantitative estimate of drug-likeness (QED) is 0.816. The minimum absolute atomic E-state index is 0.848. The molecule has 1 aromatic rings. The lowest BCUT2D eigenvalue weighted by atomic mass is 10.2. The van der Waals surface area contributed by atoms with E-state index in [-0.39, 0.29) is 0 Å². The molecule has 0 aliphatic carbocycles. The van der Waals surface area contributed by atoms with E-state index < -0.39 is 0 Å². The Hall–Kier alpha value is -0.930. The molecule has 3 heteroatoms. The number of aromatic nitrogens is 1. The fourth-order valence-electron chi connectivity index (χ4n) is 1.85. The number of nitrogens with one attached hydrogen (secondary N) is 1. The molecule has 1 aliphatic rings. The highest BCUT2D eigenvalue weighted by atomic mass is 15.5. The van der Waals surface area contributed by atoms with Gasteiger partial charge in [-0.25, -0.2) is 10.4 Å². The van der Waals surface area contributed by atoms with Crippen LogP contribution in [0.5, 0.6) is 0 Å². The maximum absolute atomic E-state index is 4.37. The second-order valence-corrected chi connectivity index (χ2v) is 4.21. The third-order valence-electron chi connectivity index (χ3n) is 2.81. The lowest BCUT2D eigenvalue weighted by Crippen LogP contribution is -2.41. The Morgan fingerprint density at radius 1 is 1.27 bits per heavy atom. The van der Waals surface area contributed by atoms with Gasteiger partial charge in [0, 0.05) is 19.3 Å². The van der Waals surface area contributed by atoms with Gasteiger partial charge in [0.1, 0.15) is 0 Å². The molecule has 2 heterocycles. The van der Waals surface area contributed by atoms with E-state index in [1.807, 2.05) is 6.20 Å². The van der Waals surface area contributed by atoms with Gasteiger partial charge in [-0.1, -0.05) is 12.5 Å². The topological polar surface area (TPSA) is 28.2 Å². The normalized spacial score (nSPS) is 17.9. The Labute approximate surface area is 91.5 Å². The lowest BCUT2D eigenvalue weighted by molar-refractivity contribution is 0.150. The Bertz CT molecular complexity index is 288. The van der Waals surface area contributed by atoms with Crippen molar-refractivity contribution in [2.24, 2.45) is 0 Å². The van der Waals surface area contributed by atoms with Crippen molar-refractivity contribution in [1.82, 2.24) is 15.4 Å². The van der Waals surface area contributed by atoms with Gasteiger partial charge in [-0.2, -0.15) is 0 Å². The van der Waals surface area contributed by atoms with Crippen LogP contribution in [0.3, 0.4) is 0 Å². The van der Waals surface area contributed by atoms with Crippen molar-refractivity contribution in [3.05, 3.63) is 29.6 Å². The zero-order chi connectivity index (χ0) is 10.5. The fraction of sp³-hybridized carbons (Fsp3) is 0.583. The molecule has 1 aromatic heterocycles. The van der Waals surface area contributed by atoms with Crippen molar-refractivity contribution in [3.8, 4) is 0 Å². The van der Waals surface area contributed by atoms with Gasteiger partial charge in [0.2, 0.25) is 0 Å². The van der Waals surface area contributed by atoms with Crippen molar-refractivity contribution in [1.29, 1.82) is 0 Å². The molecule has 1 N–H and O–H groups in total. The van der Waals surface area contributed by atoms with Gasteiger partial charge >= 0.3 is 0 Å². The predicted octanol–water partition coefficient (Wildman–Crippen LogP) is 1.88. The number of hydrogen-bond acceptors (Lipinski definition) is 3. The van der Waals surface area contributed by atoms with Crippen LogP contribution in [0.4, 0.5) is 0 Å². The minimum Gasteiger partial charge on any atom is -0.260 e. The fourth-order valence-corrected chi connectivity index (χ4v) is 1.85. The van der Waals surface area contributed by atoms with E-state index in [1.54, 1.807) is 0 Å². The predicted molar refractivity (Wildman–Crippen MR) is 61.2 cm³/mol. The molecular weight excluding hydrogens is 186 g/mol. The highest BCUT2D eigenvalue weighted by Gasteiger charge is 2.08. The molecule has 3 nitrogen and oxygen atoms in total. The number of aryl methyl sites for hydroxylation is 1. The van der Waals surface area contributed by atoms with Crippen LogP contribution in [0.2, 0.25) is 0 Å². The highest BCUT2D eigenvalue weighted by molar-refractivity contribution is 5.11. The van der Waals surface area contributed by atoms with Gasteiger partial charge in [-0.05, 0) is 31.4 Å².